The summed E-state index contributed by atoms with van der Waals surface area (Å²) in [6, 6.07) is 11.1. The van der Waals surface area contributed by atoms with Gasteiger partial charge in [0.25, 0.3) is 0 Å². The molecule has 3 rings (SSSR count). The summed E-state index contributed by atoms with van der Waals surface area (Å²) in [4.78, 5) is 26.0. The second kappa shape index (κ2) is 15.5. The molecule has 1 aliphatic carbocycles. The molecular formula is C30H39F3N2O5. The third-order valence-electron chi connectivity index (χ3n) is 7.13. The summed E-state index contributed by atoms with van der Waals surface area (Å²) >= 11 is 0. The largest absolute Gasteiger partial charge is 0.492 e. The Morgan fingerprint density at radius 3 is 2.30 bits per heavy atom. The van der Waals surface area contributed by atoms with E-state index in [2.05, 4.69) is 5.32 Å². The Morgan fingerprint density at radius 2 is 1.70 bits per heavy atom. The highest BCUT2D eigenvalue weighted by Gasteiger charge is 2.30. The fourth-order valence-corrected chi connectivity index (χ4v) is 4.93. The lowest BCUT2D eigenvalue weighted by Crippen LogP contribution is -2.38. The molecule has 1 unspecified atom stereocenters. The van der Waals surface area contributed by atoms with E-state index >= 15 is 0 Å². The highest BCUT2D eigenvalue weighted by atomic mass is 19.4. The molecule has 0 aliphatic heterocycles. The third-order valence-corrected chi connectivity index (χ3v) is 7.13. The van der Waals surface area contributed by atoms with Gasteiger partial charge in [-0.25, -0.2) is 9.59 Å². The van der Waals surface area contributed by atoms with Crippen LogP contribution in [0.5, 0.6) is 5.75 Å². The number of benzene rings is 2. The van der Waals surface area contributed by atoms with Crippen LogP contribution in [0.15, 0.2) is 48.5 Å². The predicted octanol–water partition coefficient (Wildman–Crippen LogP) is 7.01. The van der Waals surface area contributed by atoms with Gasteiger partial charge in [0.2, 0.25) is 0 Å². The third kappa shape index (κ3) is 10.4. The molecule has 1 aliphatic rings. The topological polar surface area (TPSA) is 88.1 Å². The lowest BCUT2D eigenvalue weighted by molar-refractivity contribution is -0.150. The Morgan fingerprint density at radius 1 is 1.02 bits per heavy atom. The molecule has 0 spiro atoms. The molecule has 0 heterocycles. The lowest BCUT2D eigenvalue weighted by atomic mass is 9.86. The van der Waals surface area contributed by atoms with Crippen molar-refractivity contribution in [3.05, 3.63) is 59.7 Å². The van der Waals surface area contributed by atoms with E-state index in [9.17, 15) is 27.9 Å². The van der Waals surface area contributed by atoms with Crippen LogP contribution in [0.3, 0.4) is 0 Å². The summed E-state index contributed by atoms with van der Waals surface area (Å²) in [7, 11) is 0. The Bertz CT molecular complexity index is 1050. The average Bonchev–Trinajstić information content (AvgIpc) is 2.93. The molecule has 0 radical (unpaired) electrons. The number of hydrogen-bond acceptors (Lipinski definition) is 4. The number of nitrogens with one attached hydrogen (secondary N) is 1. The summed E-state index contributed by atoms with van der Waals surface area (Å²) in [5.41, 5.74) is 0.317. The first-order chi connectivity index (χ1) is 19.2. The van der Waals surface area contributed by atoms with Crippen molar-refractivity contribution in [1.29, 1.82) is 0 Å². The van der Waals surface area contributed by atoms with E-state index in [-0.39, 0.29) is 13.0 Å². The number of carbonyl (C=O) groups is 2. The molecule has 7 nitrogen and oxygen atoms in total. The van der Waals surface area contributed by atoms with Crippen LogP contribution in [0.2, 0.25) is 0 Å². The van der Waals surface area contributed by atoms with Gasteiger partial charge in [0.1, 0.15) is 12.4 Å². The van der Waals surface area contributed by atoms with Crippen LogP contribution >= 0.6 is 0 Å². The zero-order chi connectivity index (χ0) is 29.0. The quantitative estimate of drug-likeness (QED) is 0.258. The van der Waals surface area contributed by atoms with Crippen molar-refractivity contribution in [2.24, 2.45) is 5.92 Å². The summed E-state index contributed by atoms with van der Waals surface area (Å²) < 4.78 is 49.8. The van der Waals surface area contributed by atoms with Gasteiger partial charge in [0.05, 0.1) is 12.1 Å². The van der Waals surface area contributed by atoms with Crippen LogP contribution in [0.25, 0.3) is 0 Å². The van der Waals surface area contributed by atoms with Crippen molar-refractivity contribution in [3.8, 4) is 5.75 Å². The number of anilines is 1. The SMILES string of the molecule is CCOC(Cc1ccc(OCCN(CCCC2CCCCC2)C(=O)Nc2ccc(C(F)(F)F)cc2)cc1)C(=O)O. The first-order valence-electron chi connectivity index (χ1n) is 13.9. The minimum atomic E-state index is -4.44. The number of halogens is 3. The monoisotopic (exact) mass is 564 g/mol. The van der Waals surface area contributed by atoms with Crippen molar-refractivity contribution in [3.63, 3.8) is 0 Å². The van der Waals surface area contributed by atoms with Crippen molar-refractivity contribution < 1.29 is 37.3 Å². The normalized spacial score (nSPS) is 14.9. The van der Waals surface area contributed by atoms with Crippen LogP contribution in [0.4, 0.5) is 23.7 Å². The lowest BCUT2D eigenvalue weighted by Gasteiger charge is -2.26. The van der Waals surface area contributed by atoms with E-state index in [1.54, 1.807) is 36.1 Å². The Kier molecular flexibility index (Phi) is 12.1. The first kappa shape index (κ1) is 31.3. The number of amides is 2. The Hall–Kier alpha value is -3.27. The number of carboxylic acids is 1. The Labute approximate surface area is 233 Å². The standard InChI is InChI=1S/C30H39F3N2O5/c1-2-39-27(28(36)37)21-23-10-16-26(17-11-23)40-20-19-35(18-6-9-22-7-4-3-5-8-22)29(38)34-25-14-12-24(13-15-25)30(31,32)33/h10-17,22,27H,2-9,18-21H2,1H3,(H,34,38)(H,36,37). The van der Waals surface area contributed by atoms with Crippen LogP contribution in [-0.4, -0.2) is 54.4 Å². The van der Waals surface area contributed by atoms with E-state index in [4.69, 9.17) is 9.47 Å². The zero-order valence-electron chi connectivity index (χ0n) is 22.9. The van der Waals surface area contributed by atoms with Crippen molar-refractivity contribution in [2.45, 2.75) is 70.6 Å². The fraction of sp³-hybridized carbons (Fsp3) is 0.533. The smallest absolute Gasteiger partial charge is 0.416 e. The average molecular weight is 565 g/mol. The van der Waals surface area contributed by atoms with Crippen molar-refractivity contribution in [2.75, 3.05) is 31.6 Å². The molecule has 220 valence electrons. The molecule has 40 heavy (non-hydrogen) atoms. The summed E-state index contributed by atoms with van der Waals surface area (Å²) in [6.45, 7) is 3.08. The highest BCUT2D eigenvalue weighted by molar-refractivity contribution is 5.89. The molecule has 0 aromatic heterocycles. The van der Waals surface area contributed by atoms with Gasteiger partial charge in [-0.1, -0.05) is 44.2 Å². The van der Waals surface area contributed by atoms with E-state index in [1.165, 1.54) is 44.2 Å². The van der Waals surface area contributed by atoms with Crippen LogP contribution in [-0.2, 0) is 22.1 Å². The number of nitrogens with zero attached hydrogens (tertiary/aromatic N) is 1. The summed E-state index contributed by atoms with van der Waals surface area (Å²) in [6.07, 6.45) is 2.97. The van der Waals surface area contributed by atoms with E-state index < -0.39 is 29.8 Å². The number of alkyl halides is 3. The molecule has 2 aromatic rings. The maximum atomic E-state index is 13.1. The highest BCUT2D eigenvalue weighted by Crippen LogP contribution is 2.30. The van der Waals surface area contributed by atoms with Gasteiger partial charge < -0.3 is 24.8 Å². The molecule has 10 heteroatoms. The number of carbonyl (C=O) groups excluding carboxylic acids is 1. The van der Waals surface area contributed by atoms with Crippen molar-refractivity contribution in [1.82, 2.24) is 4.90 Å². The zero-order valence-corrected chi connectivity index (χ0v) is 22.9. The van der Waals surface area contributed by atoms with Gasteiger partial charge in [0, 0.05) is 25.3 Å². The van der Waals surface area contributed by atoms with Gasteiger partial charge >= 0.3 is 18.2 Å². The molecular weight excluding hydrogens is 525 g/mol. The number of urea groups is 1. The Balaban J connectivity index is 1.55. The number of carboxylic acid groups (broad SMARTS) is 1. The molecule has 0 saturated heterocycles. The van der Waals surface area contributed by atoms with Gasteiger partial charge in [-0.05, 0) is 67.6 Å². The van der Waals surface area contributed by atoms with E-state index in [1.807, 2.05) is 0 Å². The fourth-order valence-electron chi connectivity index (χ4n) is 4.93. The number of hydrogen-bond donors (Lipinski definition) is 2. The van der Waals surface area contributed by atoms with Gasteiger partial charge in [-0.3, -0.25) is 0 Å². The summed E-state index contributed by atoms with van der Waals surface area (Å²) in [5.74, 6) is 0.240. The predicted molar refractivity (Wildman–Crippen MR) is 147 cm³/mol. The maximum Gasteiger partial charge on any atom is 0.416 e. The first-order valence-corrected chi connectivity index (χ1v) is 13.9. The van der Waals surface area contributed by atoms with Crippen LogP contribution in [0.1, 0.15) is 63.0 Å². The molecule has 1 fully saturated rings. The molecule has 1 atom stereocenters. The molecule has 0 bridgehead atoms. The number of ether oxygens (including phenoxy) is 2. The number of rotatable bonds is 14. The molecule has 1 saturated carbocycles. The molecule has 2 amide bonds. The van der Waals surface area contributed by atoms with Crippen molar-refractivity contribution >= 4 is 17.7 Å². The second-order valence-electron chi connectivity index (χ2n) is 10.1. The van der Waals surface area contributed by atoms with E-state index in [0.29, 0.717) is 37.1 Å². The molecule has 2 aromatic carbocycles. The summed E-state index contributed by atoms with van der Waals surface area (Å²) in [5, 5.41) is 12.0. The minimum absolute atomic E-state index is 0.222. The van der Waals surface area contributed by atoms with E-state index in [0.717, 1.165) is 30.5 Å². The minimum Gasteiger partial charge on any atom is -0.492 e. The van der Waals surface area contributed by atoms with Gasteiger partial charge in [0.15, 0.2) is 6.10 Å². The van der Waals surface area contributed by atoms with Crippen LogP contribution < -0.4 is 10.1 Å². The second-order valence-corrected chi connectivity index (χ2v) is 10.1. The van der Waals surface area contributed by atoms with Gasteiger partial charge in [-0.15, -0.1) is 0 Å². The maximum absolute atomic E-state index is 13.1. The number of aliphatic carboxylic acids is 1. The van der Waals surface area contributed by atoms with Gasteiger partial charge in [-0.2, -0.15) is 13.2 Å². The van der Waals surface area contributed by atoms with Crippen LogP contribution in [0, 0.1) is 5.92 Å². The molecule has 2 N–H and O–H groups in total.